The molecule has 0 heterocycles. The molecule has 0 radical (unpaired) electrons. The van der Waals surface area contributed by atoms with E-state index in [0.29, 0.717) is 0 Å². The van der Waals surface area contributed by atoms with Gasteiger partial charge in [-0.1, -0.05) is 30.3 Å². The number of fused-ring (bicyclic) bond motifs is 1. The van der Waals surface area contributed by atoms with Crippen molar-refractivity contribution in [3.63, 3.8) is 0 Å². The first-order valence-electron chi connectivity index (χ1n) is 6.08. The summed E-state index contributed by atoms with van der Waals surface area (Å²) < 4.78 is 0. The van der Waals surface area contributed by atoms with Crippen molar-refractivity contribution in [2.45, 2.75) is 39.2 Å². The van der Waals surface area contributed by atoms with Gasteiger partial charge in [-0.2, -0.15) is 0 Å². The van der Waals surface area contributed by atoms with Crippen LogP contribution in [0, 0.1) is 0 Å². The van der Waals surface area contributed by atoms with Crippen molar-refractivity contribution in [3.05, 3.63) is 41.5 Å². The zero-order chi connectivity index (χ0) is 11.6. The molecule has 86 valence electrons. The predicted octanol–water partition coefficient (Wildman–Crippen LogP) is 3.40. The van der Waals surface area contributed by atoms with Crippen LogP contribution in [-0.4, -0.2) is 12.1 Å². The van der Waals surface area contributed by atoms with Crippen LogP contribution in [0.2, 0.25) is 0 Å². The monoisotopic (exact) mass is 215 g/mol. The molecule has 0 amide bonds. The van der Waals surface area contributed by atoms with Crippen LogP contribution in [0.4, 0.5) is 0 Å². The molecule has 0 aliphatic heterocycles. The molecule has 1 nitrogen and oxygen atoms in total. The lowest BCUT2D eigenvalue weighted by atomic mass is 10.0. The molecule has 1 aliphatic carbocycles. The van der Waals surface area contributed by atoms with E-state index in [-0.39, 0.29) is 5.54 Å². The van der Waals surface area contributed by atoms with Crippen molar-refractivity contribution in [2.75, 3.05) is 6.54 Å². The molecule has 16 heavy (non-hydrogen) atoms. The molecular weight excluding hydrogens is 194 g/mol. The molecule has 1 aromatic carbocycles. The molecule has 0 unspecified atom stereocenters. The fourth-order valence-corrected chi connectivity index (χ4v) is 2.16. The normalized spacial score (nSPS) is 14.8. The molecule has 0 saturated heterocycles. The van der Waals surface area contributed by atoms with Crippen LogP contribution in [0.5, 0.6) is 0 Å². The number of rotatable bonds is 3. The minimum absolute atomic E-state index is 0.221. The summed E-state index contributed by atoms with van der Waals surface area (Å²) in [6.07, 6.45) is 4.62. The smallest absolute Gasteiger partial charge is 0.00966 e. The molecule has 0 saturated carbocycles. The van der Waals surface area contributed by atoms with E-state index in [1.165, 1.54) is 16.7 Å². The average molecular weight is 215 g/mol. The van der Waals surface area contributed by atoms with E-state index in [0.717, 1.165) is 19.4 Å². The van der Waals surface area contributed by atoms with Gasteiger partial charge in [0.2, 0.25) is 0 Å². The summed E-state index contributed by atoms with van der Waals surface area (Å²) in [7, 11) is 0. The quantitative estimate of drug-likeness (QED) is 0.815. The highest BCUT2D eigenvalue weighted by atomic mass is 14.9. The SMILES string of the molecule is CC(C)(C)NCCC1=CCc2ccccc21. The Morgan fingerprint density at radius 1 is 1.19 bits per heavy atom. The van der Waals surface area contributed by atoms with Gasteiger partial charge < -0.3 is 5.32 Å². The second kappa shape index (κ2) is 4.42. The van der Waals surface area contributed by atoms with Crippen LogP contribution in [-0.2, 0) is 6.42 Å². The van der Waals surface area contributed by atoms with Crippen molar-refractivity contribution in [1.29, 1.82) is 0 Å². The maximum atomic E-state index is 3.54. The largest absolute Gasteiger partial charge is 0.312 e. The van der Waals surface area contributed by atoms with Crippen molar-refractivity contribution in [3.8, 4) is 0 Å². The van der Waals surface area contributed by atoms with Gasteiger partial charge in [0.05, 0.1) is 0 Å². The van der Waals surface area contributed by atoms with Crippen LogP contribution >= 0.6 is 0 Å². The zero-order valence-corrected chi connectivity index (χ0v) is 10.5. The molecule has 1 aromatic rings. The van der Waals surface area contributed by atoms with Gasteiger partial charge >= 0.3 is 0 Å². The first-order valence-corrected chi connectivity index (χ1v) is 6.08. The van der Waals surface area contributed by atoms with Crippen LogP contribution in [0.25, 0.3) is 5.57 Å². The second-order valence-electron chi connectivity index (χ2n) is 5.52. The lowest BCUT2D eigenvalue weighted by molar-refractivity contribution is 0.432. The standard InChI is InChI=1S/C15H21N/c1-15(2,3)16-11-10-13-9-8-12-6-4-5-7-14(12)13/h4-7,9,16H,8,10-11H2,1-3H3. The number of hydrogen-bond acceptors (Lipinski definition) is 1. The van der Waals surface area contributed by atoms with E-state index < -0.39 is 0 Å². The molecule has 0 bridgehead atoms. The number of hydrogen-bond donors (Lipinski definition) is 1. The Bertz CT molecular complexity index is 396. The van der Waals surface area contributed by atoms with E-state index in [4.69, 9.17) is 0 Å². The number of nitrogens with one attached hydrogen (secondary N) is 1. The van der Waals surface area contributed by atoms with Crippen LogP contribution in [0.15, 0.2) is 30.3 Å². The molecule has 0 fully saturated rings. The highest BCUT2D eigenvalue weighted by molar-refractivity contribution is 5.72. The van der Waals surface area contributed by atoms with E-state index in [1.807, 2.05) is 0 Å². The highest BCUT2D eigenvalue weighted by Crippen LogP contribution is 2.29. The molecule has 1 N–H and O–H groups in total. The minimum atomic E-state index is 0.221. The first kappa shape index (κ1) is 11.4. The van der Waals surface area contributed by atoms with E-state index in [9.17, 15) is 0 Å². The molecular formula is C15H21N. The Hall–Kier alpha value is -1.08. The van der Waals surface area contributed by atoms with Crippen molar-refractivity contribution in [1.82, 2.24) is 5.32 Å². The lowest BCUT2D eigenvalue weighted by Crippen LogP contribution is -2.36. The Morgan fingerprint density at radius 3 is 2.69 bits per heavy atom. The molecule has 2 rings (SSSR count). The minimum Gasteiger partial charge on any atom is -0.312 e. The maximum Gasteiger partial charge on any atom is 0.00966 e. The number of benzene rings is 1. The predicted molar refractivity (Wildman–Crippen MR) is 70.5 cm³/mol. The van der Waals surface area contributed by atoms with Crippen LogP contribution in [0.3, 0.4) is 0 Å². The van der Waals surface area contributed by atoms with E-state index in [1.54, 1.807) is 0 Å². The third-order valence-corrected chi connectivity index (χ3v) is 2.98. The van der Waals surface area contributed by atoms with Gasteiger partial charge in [-0.05, 0) is 56.9 Å². The Kier molecular flexibility index (Phi) is 3.15. The summed E-state index contributed by atoms with van der Waals surface area (Å²) in [6.45, 7) is 7.70. The zero-order valence-electron chi connectivity index (χ0n) is 10.5. The van der Waals surface area contributed by atoms with E-state index >= 15 is 0 Å². The molecule has 0 aromatic heterocycles. The van der Waals surface area contributed by atoms with E-state index in [2.05, 4.69) is 56.4 Å². The second-order valence-corrected chi connectivity index (χ2v) is 5.52. The molecule has 0 spiro atoms. The third kappa shape index (κ3) is 2.73. The fourth-order valence-electron chi connectivity index (χ4n) is 2.16. The van der Waals surface area contributed by atoms with Gasteiger partial charge in [-0.3, -0.25) is 0 Å². The van der Waals surface area contributed by atoms with Gasteiger partial charge in [-0.25, -0.2) is 0 Å². The van der Waals surface area contributed by atoms with Crippen molar-refractivity contribution < 1.29 is 0 Å². The maximum absolute atomic E-state index is 3.54. The van der Waals surface area contributed by atoms with Gasteiger partial charge in [0.15, 0.2) is 0 Å². The highest BCUT2D eigenvalue weighted by Gasteiger charge is 2.14. The average Bonchev–Trinajstić information content (AvgIpc) is 2.60. The number of allylic oxidation sites excluding steroid dienone is 1. The van der Waals surface area contributed by atoms with Gasteiger partial charge in [0, 0.05) is 5.54 Å². The Morgan fingerprint density at radius 2 is 1.94 bits per heavy atom. The Labute approximate surface area is 98.6 Å². The first-order chi connectivity index (χ1) is 7.56. The topological polar surface area (TPSA) is 12.0 Å². The summed E-state index contributed by atoms with van der Waals surface area (Å²) >= 11 is 0. The summed E-state index contributed by atoms with van der Waals surface area (Å²) in [5.74, 6) is 0. The van der Waals surface area contributed by atoms with Crippen molar-refractivity contribution in [2.24, 2.45) is 0 Å². The van der Waals surface area contributed by atoms with Crippen LogP contribution < -0.4 is 5.32 Å². The lowest BCUT2D eigenvalue weighted by Gasteiger charge is -2.20. The molecule has 0 atom stereocenters. The molecule has 1 heteroatoms. The fraction of sp³-hybridized carbons (Fsp3) is 0.467. The Balaban J connectivity index is 1.94. The summed E-state index contributed by atoms with van der Waals surface area (Å²) in [6, 6.07) is 8.74. The van der Waals surface area contributed by atoms with Gasteiger partial charge in [-0.15, -0.1) is 0 Å². The summed E-state index contributed by atoms with van der Waals surface area (Å²) in [4.78, 5) is 0. The van der Waals surface area contributed by atoms with Crippen LogP contribution in [0.1, 0.15) is 38.3 Å². The van der Waals surface area contributed by atoms with Gasteiger partial charge in [0.25, 0.3) is 0 Å². The third-order valence-electron chi connectivity index (χ3n) is 2.98. The van der Waals surface area contributed by atoms with Crippen molar-refractivity contribution >= 4 is 5.57 Å². The summed E-state index contributed by atoms with van der Waals surface area (Å²) in [5.41, 5.74) is 4.66. The summed E-state index contributed by atoms with van der Waals surface area (Å²) in [5, 5.41) is 3.54. The van der Waals surface area contributed by atoms with Gasteiger partial charge in [0.1, 0.15) is 0 Å². The molecule has 1 aliphatic rings.